The van der Waals surface area contributed by atoms with Gasteiger partial charge in [0.05, 0.1) is 6.61 Å². The van der Waals surface area contributed by atoms with E-state index in [9.17, 15) is 0 Å². The van der Waals surface area contributed by atoms with Crippen LogP contribution < -0.4 is 4.74 Å². The van der Waals surface area contributed by atoms with Gasteiger partial charge in [-0.05, 0) is 61.7 Å². The van der Waals surface area contributed by atoms with E-state index in [4.69, 9.17) is 17.0 Å². The van der Waals surface area contributed by atoms with Crippen LogP contribution in [0, 0.1) is 11.7 Å². The fourth-order valence-corrected chi connectivity index (χ4v) is 2.95. The molecule has 1 heterocycles. The van der Waals surface area contributed by atoms with Gasteiger partial charge in [0.2, 0.25) is 0 Å². The van der Waals surface area contributed by atoms with Crippen molar-refractivity contribution >= 4 is 12.2 Å². The lowest BCUT2D eigenvalue weighted by molar-refractivity contribution is 0.309. The first-order valence-corrected chi connectivity index (χ1v) is 8.31. The second-order valence-electron chi connectivity index (χ2n) is 5.81. The predicted molar refractivity (Wildman–Crippen MR) is 92.2 cm³/mol. The van der Waals surface area contributed by atoms with Crippen molar-refractivity contribution in [3.8, 4) is 5.75 Å². The predicted octanol–water partition coefficient (Wildman–Crippen LogP) is 4.40. The monoisotopic (exact) mass is 319 g/mol. The number of H-pyrrole nitrogens is 1. The van der Waals surface area contributed by atoms with Crippen molar-refractivity contribution in [1.82, 2.24) is 14.8 Å². The van der Waals surface area contributed by atoms with Crippen molar-refractivity contribution < 1.29 is 4.74 Å². The van der Waals surface area contributed by atoms with Crippen molar-refractivity contribution in [3.63, 3.8) is 0 Å². The first kappa shape index (κ1) is 16.7. The molecule has 5 heteroatoms. The van der Waals surface area contributed by atoms with Gasteiger partial charge in [-0.3, -0.25) is 5.10 Å². The van der Waals surface area contributed by atoms with Crippen LogP contribution in [0.4, 0.5) is 0 Å². The molecule has 22 heavy (non-hydrogen) atoms. The van der Waals surface area contributed by atoms with Gasteiger partial charge in [-0.15, -0.1) is 0 Å². The smallest absolute Gasteiger partial charge is 0.195 e. The lowest BCUT2D eigenvalue weighted by atomic mass is 9.98. The molecular weight excluding hydrogens is 294 g/mol. The summed E-state index contributed by atoms with van der Waals surface area (Å²) in [6.07, 6.45) is 1.79. The van der Waals surface area contributed by atoms with Crippen LogP contribution in [0.25, 0.3) is 0 Å². The zero-order valence-electron chi connectivity index (χ0n) is 13.8. The Bertz CT molecular complexity index is 673. The highest BCUT2D eigenvalue weighted by Crippen LogP contribution is 2.23. The van der Waals surface area contributed by atoms with Gasteiger partial charge in [0.1, 0.15) is 11.6 Å². The molecule has 2 aromatic rings. The average molecular weight is 319 g/mol. The van der Waals surface area contributed by atoms with Crippen LogP contribution in [-0.2, 0) is 13.0 Å². The van der Waals surface area contributed by atoms with E-state index in [1.807, 2.05) is 4.57 Å². The van der Waals surface area contributed by atoms with E-state index >= 15 is 0 Å². The minimum Gasteiger partial charge on any atom is -0.494 e. The number of hydrogen-bond donors (Lipinski definition) is 1. The molecule has 0 spiro atoms. The molecule has 1 aromatic carbocycles. The van der Waals surface area contributed by atoms with Crippen molar-refractivity contribution in [2.75, 3.05) is 6.61 Å². The van der Waals surface area contributed by atoms with Crippen LogP contribution in [0.3, 0.4) is 0 Å². The molecule has 0 bridgehead atoms. The summed E-state index contributed by atoms with van der Waals surface area (Å²) in [6.45, 7) is 10.2. The lowest BCUT2D eigenvalue weighted by Crippen LogP contribution is -2.06. The van der Waals surface area contributed by atoms with Gasteiger partial charge in [-0.2, -0.15) is 5.10 Å². The van der Waals surface area contributed by atoms with Crippen molar-refractivity contribution in [1.29, 1.82) is 0 Å². The van der Waals surface area contributed by atoms with Gasteiger partial charge < -0.3 is 9.30 Å². The molecule has 0 fully saturated rings. The topological polar surface area (TPSA) is 42.8 Å². The van der Waals surface area contributed by atoms with Crippen LogP contribution in [0.1, 0.15) is 50.1 Å². The summed E-state index contributed by atoms with van der Waals surface area (Å²) in [4.78, 5) is 0. The van der Waals surface area contributed by atoms with E-state index in [1.165, 1.54) is 11.1 Å². The molecule has 1 N–H and O–H groups in total. The van der Waals surface area contributed by atoms with Crippen LogP contribution in [0.5, 0.6) is 5.75 Å². The Labute approximate surface area is 137 Å². The lowest BCUT2D eigenvalue weighted by Gasteiger charge is -2.12. The van der Waals surface area contributed by atoms with Crippen molar-refractivity contribution in [2.24, 2.45) is 0 Å². The Kier molecular flexibility index (Phi) is 5.77. The quantitative estimate of drug-likeness (QED) is 0.607. The molecule has 120 valence electrons. The SMILES string of the molecule is CCn1c(CCCOc2ccc(C(C)C)c(C)c2)n[nH]c1=S. The molecule has 0 unspecified atom stereocenters. The molecule has 0 aliphatic heterocycles. The Morgan fingerprint density at radius 1 is 1.36 bits per heavy atom. The van der Waals surface area contributed by atoms with Crippen LogP contribution in [0.15, 0.2) is 18.2 Å². The maximum Gasteiger partial charge on any atom is 0.195 e. The number of ether oxygens (including phenoxy) is 1. The van der Waals surface area contributed by atoms with Gasteiger partial charge in [0, 0.05) is 13.0 Å². The highest BCUT2D eigenvalue weighted by molar-refractivity contribution is 7.71. The van der Waals surface area contributed by atoms with Crippen LogP contribution in [0.2, 0.25) is 0 Å². The molecule has 1 aromatic heterocycles. The number of hydrogen-bond acceptors (Lipinski definition) is 3. The van der Waals surface area contributed by atoms with E-state index in [1.54, 1.807) is 0 Å². The summed E-state index contributed by atoms with van der Waals surface area (Å²) < 4.78 is 8.57. The molecule has 0 atom stereocenters. The maximum atomic E-state index is 5.85. The minimum atomic E-state index is 0.547. The molecule has 0 amide bonds. The standard InChI is InChI=1S/C17H25N3OS/c1-5-20-16(18-19-17(20)22)7-6-10-21-14-8-9-15(12(2)3)13(4)11-14/h8-9,11-12H,5-7,10H2,1-4H3,(H,19,22). The zero-order valence-corrected chi connectivity index (χ0v) is 14.7. The van der Waals surface area contributed by atoms with Gasteiger partial charge in [0.25, 0.3) is 0 Å². The largest absolute Gasteiger partial charge is 0.494 e. The van der Waals surface area contributed by atoms with E-state index < -0.39 is 0 Å². The number of nitrogens with one attached hydrogen (secondary N) is 1. The maximum absolute atomic E-state index is 5.85. The number of benzene rings is 1. The summed E-state index contributed by atoms with van der Waals surface area (Å²) in [7, 11) is 0. The van der Waals surface area contributed by atoms with E-state index in [2.05, 4.69) is 56.1 Å². The molecular formula is C17H25N3OS. The highest BCUT2D eigenvalue weighted by Gasteiger charge is 2.06. The molecule has 0 saturated heterocycles. The Hall–Kier alpha value is -1.62. The Morgan fingerprint density at radius 3 is 2.77 bits per heavy atom. The van der Waals surface area contributed by atoms with Crippen molar-refractivity contribution in [2.45, 2.75) is 53.0 Å². The Morgan fingerprint density at radius 2 is 2.14 bits per heavy atom. The third-order valence-corrected chi connectivity index (χ3v) is 4.14. The second kappa shape index (κ2) is 7.58. The average Bonchev–Trinajstić information content (AvgIpc) is 2.83. The van der Waals surface area contributed by atoms with E-state index in [0.29, 0.717) is 17.3 Å². The number of aryl methyl sites for hydroxylation is 2. The first-order chi connectivity index (χ1) is 10.5. The second-order valence-corrected chi connectivity index (χ2v) is 6.20. The summed E-state index contributed by atoms with van der Waals surface area (Å²) >= 11 is 5.19. The molecule has 4 nitrogen and oxygen atoms in total. The van der Waals surface area contributed by atoms with Crippen LogP contribution >= 0.6 is 12.2 Å². The number of nitrogens with zero attached hydrogens (tertiary/aromatic N) is 2. The summed E-state index contributed by atoms with van der Waals surface area (Å²) in [5, 5.41) is 7.11. The summed E-state index contributed by atoms with van der Waals surface area (Å²) in [6, 6.07) is 6.35. The molecule has 0 saturated carbocycles. The van der Waals surface area contributed by atoms with Gasteiger partial charge >= 0.3 is 0 Å². The third kappa shape index (κ3) is 3.97. The number of aromatic amines is 1. The molecule has 0 aliphatic rings. The molecule has 0 radical (unpaired) electrons. The van der Waals surface area contributed by atoms with Crippen LogP contribution in [-0.4, -0.2) is 21.4 Å². The molecule has 0 aliphatic carbocycles. The highest BCUT2D eigenvalue weighted by atomic mass is 32.1. The normalized spacial score (nSPS) is 11.1. The zero-order chi connectivity index (χ0) is 16.1. The number of rotatable bonds is 7. The van der Waals surface area contributed by atoms with E-state index in [-0.39, 0.29) is 0 Å². The van der Waals surface area contributed by atoms with Gasteiger partial charge in [-0.25, -0.2) is 0 Å². The minimum absolute atomic E-state index is 0.547. The van der Waals surface area contributed by atoms with Crippen molar-refractivity contribution in [3.05, 3.63) is 39.9 Å². The van der Waals surface area contributed by atoms with Gasteiger partial charge in [-0.1, -0.05) is 19.9 Å². The fourth-order valence-electron chi connectivity index (χ4n) is 2.67. The summed E-state index contributed by atoms with van der Waals surface area (Å²) in [5.74, 6) is 2.49. The summed E-state index contributed by atoms with van der Waals surface area (Å²) in [5.41, 5.74) is 2.67. The fraction of sp³-hybridized carbons (Fsp3) is 0.529. The third-order valence-electron chi connectivity index (χ3n) is 3.83. The Balaban J connectivity index is 1.86. The van der Waals surface area contributed by atoms with E-state index in [0.717, 1.165) is 31.0 Å². The van der Waals surface area contributed by atoms with Gasteiger partial charge in [0.15, 0.2) is 4.77 Å². The number of aromatic nitrogens is 3. The molecule has 2 rings (SSSR count). The first-order valence-electron chi connectivity index (χ1n) is 7.90.